The third-order valence-electron chi connectivity index (χ3n) is 2.57. The van der Waals surface area contributed by atoms with Gasteiger partial charge in [-0.15, -0.1) is 0 Å². The normalized spacial score (nSPS) is 10.1. The lowest BCUT2D eigenvalue weighted by atomic mass is 10.1. The van der Waals surface area contributed by atoms with E-state index in [4.69, 9.17) is 31.1 Å². The molecule has 0 unspecified atom stereocenters. The molecule has 0 saturated heterocycles. The zero-order chi connectivity index (χ0) is 14.5. The van der Waals surface area contributed by atoms with Crippen molar-refractivity contribution in [3.8, 4) is 11.8 Å². The average Bonchev–Trinajstić information content (AvgIpc) is 2.46. The van der Waals surface area contributed by atoms with Gasteiger partial charge in [0.1, 0.15) is 25.2 Å². The van der Waals surface area contributed by atoms with E-state index in [9.17, 15) is 4.79 Å². The van der Waals surface area contributed by atoms with Crippen molar-refractivity contribution in [1.29, 1.82) is 5.26 Å². The molecular weight excluding hydrogens is 282 g/mol. The van der Waals surface area contributed by atoms with E-state index < -0.39 is 0 Å². The van der Waals surface area contributed by atoms with E-state index in [1.165, 1.54) is 6.07 Å². The molecule has 0 saturated carbocycles. The van der Waals surface area contributed by atoms with Crippen LogP contribution in [-0.2, 0) is 13.2 Å². The van der Waals surface area contributed by atoms with Crippen molar-refractivity contribution in [2.45, 2.75) is 13.2 Å². The molecule has 1 heterocycles. The van der Waals surface area contributed by atoms with Crippen molar-refractivity contribution in [2.24, 2.45) is 0 Å². The summed E-state index contributed by atoms with van der Waals surface area (Å²) in [6.07, 6.45) is 1.14. The highest BCUT2D eigenvalue weighted by atomic mass is 35.5. The number of halogens is 1. The first kappa shape index (κ1) is 14.1. The van der Waals surface area contributed by atoms with Crippen molar-refractivity contribution in [1.82, 2.24) is 0 Å². The highest BCUT2D eigenvalue weighted by molar-refractivity contribution is 6.31. The van der Waals surface area contributed by atoms with Gasteiger partial charge in [0.25, 0.3) is 0 Å². The monoisotopic (exact) mass is 291 g/mol. The van der Waals surface area contributed by atoms with Crippen LogP contribution in [0.15, 0.2) is 39.7 Å². The molecule has 0 atom stereocenters. The molecule has 2 rings (SSSR count). The molecule has 102 valence electrons. The summed E-state index contributed by atoms with van der Waals surface area (Å²) in [7, 11) is 0. The molecule has 0 bridgehead atoms. The summed E-state index contributed by atoms with van der Waals surface area (Å²) in [6, 6.07) is 7.93. The summed E-state index contributed by atoms with van der Waals surface area (Å²) >= 11 is 6.00. The third-order valence-corrected chi connectivity index (χ3v) is 2.93. The molecule has 0 fully saturated rings. The lowest BCUT2D eigenvalue weighted by molar-refractivity contribution is 0.236. The zero-order valence-electron chi connectivity index (χ0n) is 10.3. The van der Waals surface area contributed by atoms with Gasteiger partial charge in [-0.3, -0.25) is 4.79 Å². The van der Waals surface area contributed by atoms with Crippen LogP contribution in [0, 0.1) is 11.3 Å². The number of nitriles is 1. The Morgan fingerprint density at radius 3 is 2.80 bits per heavy atom. The molecule has 1 N–H and O–H groups in total. The van der Waals surface area contributed by atoms with Crippen LogP contribution < -0.4 is 10.2 Å². The largest absolute Gasteiger partial charge is 0.482 e. The number of nitrogens with zero attached hydrogens (tertiary/aromatic N) is 1. The number of aliphatic hydroxyl groups is 1. The van der Waals surface area contributed by atoms with Crippen molar-refractivity contribution < 1.29 is 14.3 Å². The Bertz CT molecular complexity index is 718. The SMILES string of the molecule is N#Cc1ccc(COc2coc(CO)cc2=O)c(Cl)c1. The number of hydrogen-bond donors (Lipinski definition) is 1. The second-order valence-electron chi connectivity index (χ2n) is 3.94. The van der Waals surface area contributed by atoms with Gasteiger partial charge < -0.3 is 14.3 Å². The fourth-order valence-electron chi connectivity index (χ4n) is 1.52. The molecular formula is C14H10ClNO4. The highest BCUT2D eigenvalue weighted by Gasteiger charge is 2.07. The fraction of sp³-hybridized carbons (Fsp3) is 0.143. The van der Waals surface area contributed by atoms with Gasteiger partial charge in [-0.2, -0.15) is 5.26 Å². The van der Waals surface area contributed by atoms with Crippen LogP contribution in [0.2, 0.25) is 5.02 Å². The molecule has 0 radical (unpaired) electrons. The van der Waals surface area contributed by atoms with E-state index in [0.29, 0.717) is 16.1 Å². The standard InChI is InChI=1S/C14H10ClNO4/c15-12-3-9(5-16)1-2-10(12)7-20-14-8-19-11(6-17)4-13(14)18/h1-4,8,17H,6-7H2. The molecule has 2 aromatic rings. The summed E-state index contributed by atoms with van der Waals surface area (Å²) in [5, 5.41) is 18.0. The topological polar surface area (TPSA) is 83.5 Å². The van der Waals surface area contributed by atoms with E-state index in [1.807, 2.05) is 6.07 Å². The van der Waals surface area contributed by atoms with Crippen LogP contribution in [0.3, 0.4) is 0 Å². The van der Waals surface area contributed by atoms with Gasteiger partial charge >= 0.3 is 0 Å². The molecule has 0 aliphatic rings. The molecule has 0 aliphatic carbocycles. The van der Waals surface area contributed by atoms with Gasteiger partial charge in [-0.25, -0.2) is 0 Å². The Labute approximate surface area is 119 Å². The van der Waals surface area contributed by atoms with E-state index >= 15 is 0 Å². The van der Waals surface area contributed by atoms with Gasteiger partial charge in [0.15, 0.2) is 0 Å². The minimum atomic E-state index is -0.384. The second-order valence-corrected chi connectivity index (χ2v) is 4.35. The number of rotatable bonds is 4. The smallest absolute Gasteiger partial charge is 0.227 e. The summed E-state index contributed by atoms with van der Waals surface area (Å²) in [6.45, 7) is -0.273. The minimum absolute atomic E-state index is 0.0302. The van der Waals surface area contributed by atoms with Gasteiger partial charge in [-0.05, 0) is 12.1 Å². The Kier molecular flexibility index (Phi) is 4.41. The van der Waals surface area contributed by atoms with Crippen molar-refractivity contribution in [3.05, 3.63) is 62.7 Å². The lowest BCUT2D eigenvalue weighted by Gasteiger charge is -2.07. The molecule has 5 nitrogen and oxygen atoms in total. The van der Waals surface area contributed by atoms with Crippen LogP contribution in [0.5, 0.6) is 5.75 Å². The van der Waals surface area contributed by atoms with Gasteiger partial charge in [-0.1, -0.05) is 17.7 Å². The number of ether oxygens (including phenoxy) is 1. The fourth-order valence-corrected chi connectivity index (χ4v) is 1.75. The van der Waals surface area contributed by atoms with E-state index in [-0.39, 0.29) is 30.2 Å². The van der Waals surface area contributed by atoms with Crippen molar-refractivity contribution in [3.63, 3.8) is 0 Å². The van der Waals surface area contributed by atoms with Crippen molar-refractivity contribution in [2.75, 3.05) is 0 Å². The molecule has 20 heavy (non-hydrogen) atoms. The average molecular weight is 292 g/mol. The van der Waals surface area contributed by atoms with Crippen LogP contribution >= 0.6 is 11.6 Å². The maximum atomic E-state index is 11.6. The van der Waals surface area contributed by atoms with Crippen LogP contribution in [0.25, 0.3) is 0 Å². The molecule has 0 amide bonds. The second kappa shape index (κ2) is 6.24. The molecule has 6 heteroatoms. The summed E-state index contributed by atoms with van der Waals surface area (Å²) in [4.78, 5) is 11.6. The first-order chi connectivity index (χ1) is 9.63. The molecule has 0 aliphatic heterocycles. The Balaban J connectivity index is 2.13. The summed E-state index contributed by atoms with van der Waals surface area (Å²) in [5.41, 5.74) is 0.715. The summed E-state index contributed by atoms with van der Waals surface area (Å²) in [5.74, 6) is 0.196. The Hall–Kier alpha value is -2.29. The van der Waals surface area contributed by atoms with Crippen LogP contribution in [-0.4, -0.2) is 5.11 Å². The van der Waals surface area contributed by atoms with Gasteiger partial charge in [0, 0.05) is 16.7 Å². The zero-order valence-corrected chi connectivity index (χ0v) is 11.1. The number of aliphatic hydroxyl groups excluding tert-OH is 1. The maximum Gasteiger partial charge on any atom is 0.227 e. The lowest BCUT2D eigenvalue weighted by Crippen LogP contribution is -2.08. The van der Waals surface area contributed by atoms with Gasteiger partial charge in [0.05, 0.1) is 11.6 Å². The first-order valence-corrected chi connectivity index (χ1v) is 6.05. The van der Waals surface area contributed by atoms with Crippen LogP contribution in [0.1, 0.15) is 16.9 Å². The minimum Gasteiger partial charge on any atom is -0.482 e. The summed E-state index contributed by atoms with van der Waals surface area (Å²) < 4.78 is 10.3. The Morgan fingerprint density at radius 1 is 1.40 bits per heavy atom. The maximum absolute atomic E-state index is 11.6. The van der Waals surface area contributed by atoms with E-state index in [1.54, 1.807) is 12.1 Å². The van der Waals surface area contributed by atoms with E-state index in [2.05, 4.69) is 0 Å². The predicted molar refractivity (Wildman–Crippen MR) is 71.4 cm³/mol. The first-order valence-electron chi connectivity index (χ1n) is 5.68. The quantitative estimate of drug-likeness (QED) is 0.934. The van der Waals surface area contributed by atoms with Gasteiger partial charge in [0.2, 0.25) is 11.2 Å². The van der Waals surface area contributed by atoms with E-state index in [0.717, 1.165) is 12.3 Å². The Morgan fingerprint density at radius 2 is 2.20 bits per heavy atom. The third kappa shape index (κ3) is 3.18. The van der Waals surface area contributed by atoms with Crippen molar-refractivity contribution >= 4 is 11.6 Å². The molecule has 0 spiro atoms. The highest BCUT2D eigenvalue weighted by Crippen LogP contribution is 2.19. The predicted octanol–water partition coefficient (Wildman–Crippen LogP) is 2.24. The van der Waals surface area contributed by atoms with Crippen LogP contribution in [0.4, 0.5) is 0 Å². The number of hydrogen-bond acceptors (Lipinski definition) is 5. The number of benzene rings is 1. The molecule has 1 aromatic heterocycles. The molecule has 1 aromatic carbocycles.